The molecule has 21 heavy (non-hydrogen) atoms. The highest BCUT2D eigenvalue weighted by Gasteiger charge is 2.24. The van der Waals surface area contributed by atoms with Crippen molar-refractivity contribution in [2.75, 3.05) is 0 Å². The van der Waals surface area contributed by atoms with Crippen LogP contribution in [0, 0.1) is 0 Å². The fraction of sp³-hybridized carbons (Fsp3) is 0.267. The lowest BCUT2D eigenvalue weighted by Gasteiger charge is -2.14. The number of nitrogens with one attached hydrogen (secondary N) is 2. The first-order valence-corrected chi connectivity index (χ1v) is 6.87. The fourth-order valence-corrected chi connectivity index (χ4v) is 2.61. The Balaban J connectivity index is 1.79. The van der Waals surface area contributed by atoms with Gasteiger partial charge in [0.2, 0.25) is 5.91 Å². The summed E-state index contributed by atoms with van der Waals surface area (Å²) in [6.45, 7) is 0. The lowest BCUT2D eigenvalue weighted by molar-refractivity contribution is -0.120. The summed E-state index contributed by atoms with van der Waals surface area (Å²) in [6, 6.07) is 6.04. The molecule has 2 amide bonds. The number of H-pyrrole nitrogens is 1. The maximum absolute atomic E-state index is 12.3. The maximum atomic E-state index is 12.3. The van der Waals surface area contributed by atoms with Gasteiger partial charge in [-0.1, -0.05) is 6.07 Å². The van der Waals surface area contributed by atoms with Gasteiger partial charge in [0, 0.05) is 11.9 Å². The smallest absolute Gasteiger partial charge is 0.268 e. The Morgan fingerprint density at radius 2 is 2.19 bits per heavy atom. The average Bonchev–Trinajstić information content (AvgIpc) is 3.06. The van der Waals surface area contributed by atoms with Gasteiger partial charge in [0.05, 0.1) is 5.69 Å². The number of pyridine rings is 1. The Morgan fingerprint density at radius 3 is 2.86 bits per heavy atom. The quantitative estimate of drug-likeness (QED) is 0.776. The van der Waals surface area contributed by atoms with Crippen LogP contribution in [0.5, 0.6) is 0 Å². The zero-order valence-corrected chi connectivity index (χ0v) is 11.4. The van der Waals surface area contributed by atoms with Gasteiger partial charge in [-0.2, -0.15) is 0 Å². The zero-order chi connectivity index (χ0) is 14.8. The van der Waals surface area contributed by atoms with E-state index in [0.29, 0.717) is 11.4 Å². The van der Waals surface area contributed by atoms with Crippen LogP contribution in [0.2, 0.25) is 0 Å². The molecule has 108 valence electrons. The number of hydrogen-bond donors (Lipinski definition) is 3. The highest BCUT2D eigenvalue weighted by Crippen LogP contribution is 2.22. The average molecular weight is 284 g/mol. The normalized spacial score (nSPS) is 14.5. The number of aryl methyl sites for hydroxylation is 2. The number of hydrogen-bond acceptors (Lipinski definition) is 3. The summed E-state index contributed by atoms with van der Waals surface area (Å²) in [6.07, 6.45) is 4.61. The lowest BCUT2D eigenvalue weighted by atomic mass is 10.1. The molecule has 1 atom stereocenters. The van der Waals surface area contributed by atoms with Crippen LogP contribution in [0.25, 0.3) is 0 Å². The van der Waals surface area contributed by atoms with Gasteiger partial charge in [-0.15, -0.1) is 0 Å². The summed E-state index contributed by atoms with van der Waals surface area (Å²) < 4.78 is 0. The zero-order valence-electron chi connectivity index (χ0n) is 11.4. The van der Waals surface area contributed by atoms with Crippen molar-refractivity contribution in [1.29, 1.82) is 0 Å². The first-order valence-electron chi connectivity index (χ1n) is 6.87. The van der Waals surface area contributed by atoms with Crippen LogP contribution in [-0.4, -0.2) is 21.8 Å². The molecule has 3 rings (SSSR count). The van der Waals surface area contributed by atoms with E-state index in [1.165, 1.54) is 5.56 Å². The van der Waals surface area contributed by atoms with E-state index in [1.54, 1.807) is 24.4 Å². The molecule has 0 aromatic carbocycles. The van der Waals surface area contributed by atoms with Crippen LogP contribution >= 0.6 is 0 Å². The summed E-state index contributed by atoms with van der Waals surface area (Å²) in [4.78, 5) is 31.0. The molecular weight excluding hydrogens is 268 g/mol. The van der Waals surface area contributed by atoms with Crippen molar-refractivity contribution in [3.05, 3.63) is 53.1 Å². The Morgan fingerprint density at radius 1 is 1.33 bits per heavy atom. The molecule has 0 saturated carbocycles. The Bertz CT molecular complexity index is 657. The molecule has 0 radical (unpaired) electrons. The van der Waals surface area contributed by atoms with Crippen molar-refractivity contribution in [2.24, 2.45) is 5.73 Å². The molecule has 4 N–H and O–H groups in total. The highest BCUT2D eigenvalue weighted by molar-refractivity contribution is 5.96. The minimum Gasteiger partial charge on any atom is -0.368 e. The van der Waals surface area contributed by atoms with E-state index in [-0.39, 0.29) is 5.91 Å². The molecule has 0 bridgehead atoms. The van der Waals surface area contributed by atoms with Gasteiger partial charge in [-0.3, -0.25) is 14.6 Å². The largest absolute Gasteiger partial charge is 0.368 e. The van der Waals surface area contributed by atoms with Crippen LogP contribution in [0.15, 0.2) is 30.5 Å². The van der Waals surface area contributed by atoms with E-state index in [2.05, 4.69) is 15.3 Å². The van der Waals surface area contributed by atoms with E-state index in [1.807, 2.05) is 6.07 Å². The molecule has 2 aromatic rings. The number of amides is 2. The molecule has 2 heterocycles. The summed E-state index contributed by atoms with van der Waals surface area (Å²) in [5.74, 6) is -0.986. The highest BCUT2D eigenvalue weighted by atomic mass is 16.2. The van der Waals surface area contributed by atoms with Crippen molar-refractivity contribution in [1.82, 2.24) is 15.3 Å². The summed E-state index contributed by atoms with van der Waals surface area (Å²) in [5, 5.41) is 2.63. The van der Waals surface area contributed by atoms with Crippen molar-refractivity contribution in [3.63, 3.8) is 0 Å². The third kappa shape index (κ3) is 2.65. The van der Waals surface area contributed by atoms with Gasteiger partial charge >= 0.3 is 0 Å². The van der Waals surface area contributed by atoms with E-state index in [4.69, 9.17) is 5.73 Å². The number of nitrogens with two attached hydrogens (primary N) is 1. The second-order valence-corrected chi connectivity index (χ2v) is 5.10. The number of fused-ring (bicyclic) bond motifs is 1. The molecule has 6 nitrogen and oxygen atoms in total. The van der Waals surface area contributed by atoms with Crippen LogP contribution in [-0.2, 0) is 17.6 Å². The fourth-order valence-electron chi connectivity index (χ4n) is 2.61. The van der Waals surface area contributed by atoms with Gasteiger partial charge in [0.15, 0.2) is 6.04 Å². The Kier molecular flexibility index (Phi) is 3.43. The molecule has 2 aromatic heterocycles. The van der Waals surface area contributed by atoms with Crippen molar-refractivity contribution in [3.8, 4) is 0 Å². The predicted molar refractivity (Wildman–Crippen MR) is 76.5 cm³/mol. The molecular formula is C15H16N4O2. The second-order valence-electron chi connectivity index (χ2n) is 5.10. The van der Waals surface area contributed by atoms with Crippen LogP contribution in [0.3, 0.4) is 0 Å². The van der Waals surface area contributed by atoms with Gasteiger partial charge in [-0.05, 0) is 43.0 Å². The van der Waals surface area contributed by atoms with Crippen molar-refractivity contribution < 1.29 is 9.59 Å². The monoisotopic (exact) mass is 284 g/mol. The summed E-state index contributed by atoms with van der Waals surface area (Å²) >= 11 is 0. The Hall–Kier alpha value is -2.63. The van der Waals surface area contributed by atoms with Crippen LogP contribution < -0.4 is 11.1 Å². The number of aromatic nitrogens is 2. The molecule has 0 aliphatic heterocycles. The SMILES string of the molecule is NC(=O)C(NC(=O)c1cc2c([nH]1)CCC2)c1ccccn1. The van der Waals surface area contributed by atoms with Crippen LogP contribution in [0.4, 0.5) is 0 Å². The Labute approximate surface area is 121 Å². The second kappa shape index (κ2) is 5.40. The van der Waals surface area contributed by atoms with Crippen molar-refractivity contribution in [2.45, 2.75) is 25.3 Å². The molecule has 0 spiro atoms. The van der Waals surface area contributed by atoms with Gasteiger partial charge in [0.25, 0.3) is 5.91 Å². The number of carbonyl (C=O) groups is 2. The molecule has 1 unspecified atom stereocenters. The standard InChI is InChI=1S/C15H16N4O2/c16-14(20)13(11-5-1-2-7-17-11)19-15(21)12-8-9-4-3-6-10(9)18-12/h1-2,5,7-8,13,18H,3-4,6H2,(H2,16,20)(H,19,21). The van der Waals surface area contributed by atoms with Crippen molar-refractivity contribution >= 4 is 11.8 Å². The number of carbonyl (C=O) groups excluding carboxylic acids is 2. The number of rotatable bonds is 4. The van der Waals surface area contributed by atoms with Gasteiger partial charge < -0.3 is 16.0 Å². The topological polar surface area (TPSA) is 101 Å². The maximum Gasteiger partial charge on any atom is 0.268 e. The predicted octanol–water partition coefficient (Wildman–Crippen LogP) is 0.855. The van der Waals surface area contributed by atoms with Gasteiger partial charge in [-0.25, -0.2) is 0 Å². The molecule has 1 aliphatic carbocycles. The minimum atomic E-state index is -0.933. The third-order valence-electron chi connectivity index (χ3n) is 3.65. The molecule has 1 aliphatic rings. The molecule has 6 heteroatoms. The van der Waals surface area contributed by atoms with E-state index >= 15 is 0 Å². The van der Waals surface area contributed by atoms with Crippen LogP contribution in [0.1, 0.15) is 39.9 Å². The van der Waals surface area contributed by atoms with E-state index in [0.717, 1.165) is 25.0 Å². The first kappa shape index (κ1) is 13.4. The van der Waals surface area contributed by atoms with E-state index in [9.17, 15) is 9.59 Å². The first-order chi connectivity index (χ1) is 10.1. The van der Waals surface area contributed by atoms with Gasteiger partial charge in [0.1, 0.15) is 5.69 Å². The van der Waals surface area contributed by atoms with E-state index < -0.39 is 11.9 Å². The molecule has 0 fully saturated rings. The lowest BCUT2D eigenvalue weighted by Crippen LogP contribution is -2.38. The number of aromatic amines is 1. The number of nitrogens with zero attached hydrogens (tertiary/aromatic N) is 1. The molecule has 0 saturated heterocycles. The number of primary amides is 1. The minimum absolute atomic E-state index is 0.348. The summed E-state index contributed by atoms with van der Waals surface area (Å²) in [5.41, 5.74) is 8.53. The third-order valence-corrected chi connectivity index (χ3v) is 3.65. The summed E-state index contributed by atoms with van der Waals surface area (Å²) in [7, 11) is 0.